The third kappa shape index (κ3) is 6.26. The Hall–Kier alpha value is -3.46. The van der Waals surface area contributed by atoms with Gasteiger partial charge in [0.2, 0.25) is 0 Å². The maximum absolute atomic E-state index is 12.2. The number of rotatable bonds is 6. The van der Waals surface area contributed by atoms with Crippen LogP contribution in [-0.4, -0.2) is 61.4 Å². The van der Waals surface area contributed by atoms with Gasteiger partial charge in [0.1, 0.15) is 5.69 Å². The van der Waals surface area contributed by atoms with E-state index in [-0.39, 0.29) is 12.4 Å². The van der Waals surface area contributed by atoms with Crippen LogP contribution in [0.3, 0.4) is 0 Å². The van der Waals surface area contributed by atoms with Crippen molar-refractivity contribution in [2.24, 2.45) is 13.0 Å². The number of aryl methyl sites for hydroxylation is 1. The molecule has 0 saturated carbocycles. The first-order chi connectivity index (χ1) is 15.1. The Morgan fingerprint density at radius 2 is 2.06 bits per heavy atom. The van der Waals surface area contributed by atoms with Crippen molar-refractivity contribution in [2.45, 2.75) is 19.4 Å². The van der Waals surface area contributed by atoms with Crippen molar-refractivity contribution in [1.82, 2.24) is 29.5 Å². The molecule has 9 heteroatoms. The number of carboxylic acid groups (broad SMARTS) is 1. The van der Waals surface area contributed by atoms with Gasteiger partial charge in [-0.25, -0.2) is 9.67 Å². The lowest BCUT2D eigenvalue weighted by Crippen LogP contribution is -2.38. The zero-order valence-corrected chi connectivity index (χ0v) is 17.6. The summed E-state index contributed by atoms with van der Waals surface area (Å²) in [6.07, 6.45) is 9.22. The highest BCUT2D eigenvalue weighted by molar-refractivity contribution is 5.92. The third-order valence-corrected chi connectivity index (χ3v) is 5.39. The number of hydrogen-bond donors (Lipinski definition) is 2. The average molecular weight is 425 g/mol. The minimum atomic E-state index is -0.250. The summed E-state index contributed by atoms with van der Waals surface area (Å²) in [6.45, 7) is 3.53. The van der Waals surface area contributed by atoms with Crippen molar-refractivity contribution in [2.75, 3.05) is 19.6 Å². The van der Waals surface area contributed by atoms with E-state index in [9.17, 15) is 4.79 Å². The number of carbonyl (C=O) groups is 2. The van der Waals surface area contributed by atoms with Gasteiger partial charge in [-0.1, -0.05) is 12.1 Å². The molecule has 0 radical (unpaired) electrons. The molecule has 1 fully saturated rings. The Labute approximate surface area is 181 Å². The predicted molar refractivity (Wildman–Crippen MR) is 116 cm³/mol. The van der Waals surface area contributed by atoms with Crippen molar-refractivity contribution < 1.29 is 14.7 Å². The van der Waals surface area contributed by atoms with Crippen molar-refractivity contribution >= 4 is 12.4 Å². The quantitative estimate of drug-likeness (QED) is 0.586. The first-order valence-corrected chi connectivity index (χ1v) is 10.2. The van der Waals surface area contributed by atoms with Gasteiger partial charge in [-0.2, -0.15) is 5.10 Å². The average Bonchev–Trinajstić information content (AvgIpc) is 3.46. The monoisotopic (exact) mass is 424 g/mol. The van der Waals surface area contributed by atoms with E-state index in [1.54, 1.807) is 23.3 Å². The Bertz CT molecular complexity index is 961. The maximum Gasteiger partial charge on any atom is 0.290 e. The molecule has 0 aliphatic carbocycles. The minimum Gasteiger partial charge on any atom is -0.483 e. The number of nitrogens with zero attached hydrogens (tertiary/aromatic N) is 5. The minimum absolute atomic E-state index is 0.0436. The number of likely N-dealkylation sites (tertiary alicyclic amines) is 1. The molecule has 2 aromatic heterocycles. The fraction of sp³-hybridized carbons (Fsp3) is 0.364. The smallest absolute Gasteiger partial charge is 0.290 e. The van der Waals surface area contributed by atoms with Crippen LogP contribution in [-0.2, 0) is 18.4 Å². The topological polar surface area (TPSA) is 105 Å². The number of amides is 1. The second-order valence-corrected chi connectivity index (χ2v) is 7.55. The number of hydrogen-bond acceptors (Lipinski definition) is 5. The second-order valence-electron chi connectivity index (χ2n) is 7.55. The lowest BCUT2D eigenvalue weighted by atomic mass is 9.96. The van der Waals surface area contributed by atoms with E-state index in [0.717, 1.165) is 44.7 Å². The van der Waals surface area contributed by atoms with Crippen LogP contribution in [0.4, 0.5) is 0 Å². The van der Waals surface area contributed by atoms with Crippen molar-refractivity contribution in [3.8, 4) is 5.69 Å². The van der Waals surface area contributed by atoms with Gasteiger partial charge in [0.05, 0.1) is 18.2 Å². The van der Waals surface area contributed by atoms with Gasteiger partial charge in [-0.15, -0.1) is 0 Å². The molecule has 31 heavy (non-hydrogen) atoms. The van der Waals surface area contributed by atoms with Crippen molar-refractivity contribution in [3.63, 3.8) is 0 Å². The standard InChI is InChI=1S/C21H26N6O.CH2O2/c1-25-16-22-14-20(25)21(28)23-13-17-6-10-26(11-7-17)15-18-4-2-5-19(12-18)27-9-3-8-24-27;2-1-3/h2-5,8-9,12,14,16-17H,6-7,10-11,13,15H2,1H3,(H,23,28);1H,(H,2,3). The highest BCUT2D eigenvalue weighted by Crippen LogP contribution is 2.19. The molecule has 1 aromatic carbocycles. The molecule has 4 rings (SSSR count). The summed E-state index contributed by atoms with van der Waals surface area (Å²) in [7, 11) is 1.84. The van der Waals surface area contributed by atoms with Crippen LogP contribution in [0.2, 0.25) is 0 Å². The van der Waals surface area contributed by atoms with Crippen molar-refractivity contribution in [3.05, 3.63) is 66.5 Å². The molecule has 9 nitrogen and oxygen atoms in total. The van der Waals surface area contributed by atoms with E-state index in [1.165, 1.54) is 5.56 Å². The molecule has 0 atom stereocenters. The maximum atomic E-state index is 12.2. The molecule has 1 aliphatic rings. The molecule has 164 valence electrons. The van der Waals surface area contributed by atoms with Gasteiger partial charge in [-0.3, -0.25) is 14.5 Å². The summed E-state index contributed by atoms with van der Waals surface area (Å²) in [6, 6.07) is 10.5. The molecule has 1 aliphatic heterocycles. The van der Waals surface area contributed by atoms with Crippen LogP contribution >= 0.6 is 0 Å². The zero-order valence-electron chi connectivity index (χ0n) is 17.6. The molecular formula is C22H28N6O3. The SMILES string of the molecule is Cn1cncc1C(=O)NCC1CCN(Cc2cccc(-n3cccn3)c2)CC1.O=CO. The number of aromatic nitrogens is 4. The molecule has 0 unspecified atom stereocenters. The van der Waals surface area contributed by atoms with Crippen LogP contribution in [0, 0.1) is 5.92 Å². The molecule has 1 amide bonds. The summed E-state index contributed by atoms with van der Waals surface area (Å²) >= 11 is 0. The first kappa shape index (κ1) is 22.2. The Kier molecular flexibility index (Phi) is 7.94. The number of piperidine rings is 1. The number of benzene rings is 1. The van der Waals surface area contributed by atoms with Crippen LogP contribution in [0.15, 0.2) is 55.2 Å². The van der Waals surface area contributed by atoms with E-state index in [2.05, 4.69) is 44.6 Å². The van der Waals surface area contributed by atoms with E-state index in [0.29, 0.717) is 11.6 Å². The van der Waals surface area contributed by atoms with Gasteiger partial charge in [-0.05, 0) is 55.6 Å². The van der Waals surface area contributed by atoms with Crippen molar-refractivity contribution in [1.29, 1.82) is 0 Å². The first-order valence-electron chi connectivity index (χ1n) is 10.2. The van der Waals surface area contributed by atoms with Gasteiger partial charge >= 0.3 is 0 Å². The summed E-state index contributed by atoms with van der Waals surface area (Å²) in [5.41, 5.74) is 3.00. The summed E-state index contributed by atoms with van der Waals surface area (Å²) in [5.74, 6) is 0.488. The molecule has 0 spiro atoms. The fourth-order valence-electron chi connectivity index (χ4n) is 3.73. The van der Waals surface area contributed by atoms with Crippen LogP contribution < -0.4 is 5.32 Å². The lowest BCUT2D eigenvalue weighted by Gasteiger charge is -2.32. The van der Waals surface area contributed by atoms with Crippen LogP contribution in [0.25, 0.3) is 5.69 Å². The molecular weight excluding hydrogens is 396 g/mol. The van der Waals surface area contributed by atoms with Crippen LogP contribution in [0.1, 0.15) is 28.9 Å². The van der Waals surface area contributed by atoms with Gasteiger partial charge in [0, 0.05) is 32.5 Å². The summed E-state index contributed by atoms with van der Waals surface area (Å²) in [4.78, 5) is 27.1. The number of carbonyl (C=O) groups excluding carboxylic acids is 1. The second kappa shape index (κ2) is 11.1. The lowest BCUT2D eigenvalue weighted by molar-refractivity contribution is -0.122. The predicted octanol–water partition coefficient (Wildman–Crippen LogP) is 1.95. The molecule has 3 aromatic rings. The van der Waals surface area contributed by atoms with E-state index in [1.807, 2.05) is 24.0 Å². The van der Waals surface area contributed by atoms with E-state index >= 15 is 0 Å². The fourth-order valence-corrected chi connectivity index (χ4v) is 3.73. The molecule has 2 N–H and O–H groups in total. The van der Waals surface area contributed by atoms with Crippen LogP contribution in [0.5, 0.6) is 0 Å². The molecule has 1 saturated heterocycles. The molecule has 0 bridgehead atoms. The summed E-state index contributed by atoms with van der Waals surface area (Å²) in [5, 5.41) is 14.3. The summed E-state index contributed by atoms with van der Waals surface area (Å²) < 4.78 is 3.63. The van der Waals surface area contributed by atoms with E-state index in [4.69, 9.17) is 9.90 Å². The highest BCUT2D eigenvalue weighted by atomic mass is 16.3. The number of nitrogens with one attached hydrogen (secondary N) is 1. The Morgan fingerprint density at radius 3 is 2.71 bits per heavy atom. The van der Waals surface area contributed by atoms with Gasteiger partial charge in [0.25, 0.3) is 12.4 Å². The third-order valence-electron chi connectivity index (χ3n) is 5.39. The Balaban J connectivity index is 0.000000858. The van der Waals surface area contributed by atoms with Gasteiger partial charge < -0.3 is 15.0 Å². The van der Waals surface area contributed by atoms with E-state index < -0.39 is 0 Å². The Morgan fingerprint density at radius 1 is 1.29 bits per heavy atom. The molecule has 3 heterocycles. The number of imidazole rings is 1. The zero-order chi connectivity index (χ0) is 22.1. The largest absolute Gasteiger partial charge is 0.483 e. The highest BCUT2D eigenvalue weighted by Gasteiger charge is 2.20. The van der Waals surface area contributed by atoms with Gasteiger partial charge in [0.15, 0.2) is 0 Å². The normalized spacial score (nSPS) is 14.5.